The maximum absolute atomic E-state index is 13.7. The maximum atomic E-state index is 13.7. The number of hydrogen-bond acceptors (Lipinski definition) is 2. The number of rotatable bonds is 8. The van der Waals surface area contributed by atoms with Crippen LogP contribution in [0.2, 0.25) is 0 Å². The van der Waals surface area contributed by atoms with Gasteiger partial charge in [-0.15, -0.1) is 0 Å². The van der Waals surface area contributed by atoms with Crippen LogP contribution in [0.4, 0.5) is 13.2 Å². The second-order valence-corrected chi connectivity index (χ2v) is 9.46. The number of para-hydroxylation sites is 1. The number of alkyl halides is 3. The fraction of sp³-hybridized carbons (Fsp3) is 0.310. The Kier molecular flexibility index (Phi) is 6.33. The molecule has 4 nitrogen and oxygen atoms in total. The first kappa shape index (κ1) is 24.1. The summed E-state index contributed by atoms with van der Waals surface area (Å²) in [5.41, 5.74) is 5.82. The van der Waals surface area contributed by atoms with Gasteiger partial charge in [-0.3, -0.25) is 4.79 Å². The van der Waals surface area contributed by atoms with Gasteiger partial charge >= 0.3 is 6.18 Å². The average Bonchev–Trinajstić information content (AvgIpc) is 3.40. The molecule has 1 N–H and O–H groups in total. The number of imidazole rings is 1. The number of aromatic nitrogens is 2. The Morgan fingerprint density at radius 1 is 0.944 bits per heavy atom. The van der Waals surface area contributed by atoms with E-state index in [0.29, 0.717) is 6.42 Å². The van der Waals surface area contributed by atoms with E-state index in [2.05, 4.69) is 14.9 Å². The highest BCUT2D eigenvalue weighted by Gasteiger charge is 2.48. The van der Waals surface area contributed by atoms with Gasteiger partial charge in [0.1, 0.15) is 5.41 Å². The Bertz CT molecular complexity index is 1360. The molecule has 1 aromatic heterocycles. The summed E-state index contributed by atoms with van der Waals surface area (Å²) in [6.07, 6.45) is -1.49. The third-order valence-corrected chi connectivity index (χ3v) is 7.20. The Labute approximate surface area is 208 Å². The van der Waals surface area contributed by atoms with Crippen LogP contribution in [0.5, 0.6) is 0 Å². The van der Waals surface area contributed by atoms with Crippen LogP contribution in [0.3, 0.4) is 0 Å². The minimum atomic E-state index is -4.32. The van der Waals surface area contributed by atoms with Crippen molar-refractivity contribution in [2.75, 3.05) is 6.54 Å². The quantitative estimate of drug-likeness (QED) is 0.284. The standard InChI is InChI=1S/C29H28F3N3O/c1-20-9-8-14-25-26(20)34-19-35(25)18-7-6-15-28(27(36)33-17-16-29(30,31)32)23-12-4-2-10-21(23)22-11-3-5-13-24(22)28/h2-5,8-14,19H,6-7,15-18H2,1H3,(H,33,36). The number of nitrogens with one attached hydrogen (secondary N) is 1. The molecule has 0 saturated heterocycles. The lowest BCUT2D eigenvalue weighted by Gasteiger charge is -2.31. The highest BCUT2D eigenvalue weighted by Crippen LogP contribution is 2.51. The van der Waals surface area contributed by atoms with Gasteiger partial charge in [0.2, 0.25) is 5.91 Å². The van der Waals surface area contributed by atoms with Gasteiger partial charge in [-0.05, 0) is 60.1 Å². The first-order valence-electron chi connectivity index (χ1n) is 12.3. The van der Waals surface area contributed by atoms with Gasteiger partial charge in [-0.1, -0.05) is 60.7 Å². The molecule has 0 saturated carbocycles. The second kappa shape index (κ2) is 9.45. The number of carbonyl (C=O) groups is 1. The van der Waals surface area contributed by atoms with Gasteiger partial charge in [0.25, 0.3) is 0 Å². The third kappa shape index (κ3) is 4.27. The van der Waals surface area contributed by atoms with Gasteiger partial charge in [0, 0.05) is 13.1 Å². The second-order valence-electron chi connectivity index (χ2n) is 9.46. The lowest BCUT2D eigenvalue weighted by atomic mass is 9.73. The molecule has 0 radical (unpaired) electrons. The molecule has 1 aliphatic rings. The van der Waals surface area contributed by atoms with Gasteiger partial charge in [0.05, 0.1) is 23.8 Å². The van der Waals surface area contributed by atoms with Gasteiger partial charge in [-0.2, -0.15) is 13.2 Å². The molecule has 3 aromatic carbocycles. The van der Waals surface area contributed by atoms with E-state index in [9.17, 15) is 18.0 Å². The van der Waals surface area contributed by atoms with E-state index in [4.69, 9.17) is 0 Å². The molecular formula is C29H28F3N3O. The minimum absolute atomic E-state index is 0.368. The summed E-state index contributed by atoms with van der Waals surface area (Å²) in [6.45, 7) is 2.35. The van der Waals surface area contributed by atoms with Crippen molar-refractivity contribution < 1.29 is 18.0 Å². The number of benzene rings is 3. The zero-order valence-electron chi connectivity index (χ0n) is 20.1. The molecule has 0 aliphatic heterocycles. The lowest BCUT2D eigenvalue weighted by molar-refractivity contribution is -0.136. The summed E-state index contributed by atoms with van der Waals surface area (Å²) >= 11 is 0. The van der Waals surface area contributed by atoms with Crippen molar-refractivity contribution in [2.24, 2.45) is 0 Å². The molecule has 1 aliphatic carbocycles. The molecule has 36 heavy (non-hydrogen) atoms. The van der Waals surface area contributed by atoms with E-state index < -0.39 is 24.6 Å². The highest BCUT2D eigenvalue weighted by atomic mass is 19.4. The Morgan fingerprint density at radius 3 is 2.28 bits per heavy atom. The van der Waals surface area contributed by atoms with Crippen LogP contribution < -0.4 is 5.32 Å². The summed E-state index contributed by atoms with van der Waals surface area (Å²) in [7, 11) is 0. The van der Waals surface area contributed by atoms with Crippen molar-refractivity contribution in [3.05, 3.63) is 89.7 Å². The number of nitrogens with zero attached hydrogens (tertiary/aromatic N) is 2. The summed E-state index contributed by atoms with van der Waals surface area (Å²) in [6, 6.07) is 21.6. The van der Waals surface area contributed by atoms with Gasteiger partial charge in [0.15, 0.2) is 0 Å². The molecule has 0 spiro atoms. The van der Waals surface area contributed by atoms with Crippen molar-refractivity contribution >= 4 is 16.9 Å². The molecule has 1 heterocycles. The number of hydrogen-bond donors (Lipinski definition) is 1. The number of amides is 1. The highest BCUT2D eigenvalue weighted by molar-refractivity contribution is 6.00. The van der Waals surface area contributed by atoms with E-state index in [1.165, 1.54) is 0 Å². The van der Waals surface area contributed by atoms with Crippen molar-refractivity contribution in [3.63, 3.8) is 0 Å². The van der Waals surface area contributed by atoms with Crippen molar-refractivity contribution in [2.45, 2.75) is 50.7 Å². The van der Waals surface area contributed by atoms with Crippen LogP contribution in [0, 0.1) is 6.92 Å². The topological polar surface area (TPSA) is 46.9 Å². The summed E-state index contributed by atoms with van der Waals surface area (Å²) in [5, 5.41) is 2.61. The molecule has 7 heteroatoms. The van der Waals surface area contributed by atoms with Crippen molar-refractivity contribution in [1.29, 1.82) is 0 Å². The van der Waals surface area contributed by atoms with Crippen molar-refractivity contribution in [1.82, 2.24) is 14.9 Å². The van der Waals surface area contributed by atoms with E-state index in [1.807, 2.05) is 80.0 Å². The summed E-state index contributed by atoms with van der Waals surface area (Å²) < 4.78 is 40.6. The van der Waals surface area contributed by atoms with Crippen molar-refractivity contribution in [3.8, 4) is 11.1 Å². The molecule has 4 aromatic rings. The fourth-order valence-electron chi connectivity index (χ4n) is 5.50. The molecule has 0 unspecified atom stereocenters. The molecule has 0 bridgehead atoms. The molecule has 0 fully saturated rings. The van der Waals surface area contributed by atoms with Gasteiger partial charge in [-0.25, -0.2) is 4.98 Å². The number of fused-ring (bicyclic) bond motifs is 4. The number of carbonyl (C=O) groups excluding carboxylic acids is 1. The van der Waals surface area contributed by atoms with Crippen LogP contribution in [-0.2, 0) is 16.8 Å². The van der Waals surface area contributed by atoms with Crippen LogP contribution in [0.25, 0.3) is 22.2 Å². The average molecular weight is 492 g/mol. The number of halogens is 3. The first-order valence-corrected chi connectivity index (χ1v) is 12.3. The molecule has 1 amide bonds. The summed E-state index contributed by atoms with van der Waals surface area (Å²) in [4.78, 5) is 18.3. The molecule has 0 atom stereocenters. The summed E-state index contributed by atoms with van der Waals surface area (Å²) in [5.74, 6) is -0.368. The Balaban J connectivity index is 1.41. The maximum Gasteiger partial charge on any atom is 0.390 e. The van der Waals surface area contributed by atoms with Crippen LogP contribution in [-0.4, -0.2) is 28.2 Å². The van der Waals surface area contributed by atoms with E-state index in [0.717, 1.165) is 58.2 Å². The lowest BCUT2D eigenvalue weighted by Crippen LogP contribution is -2.45. The predicted octanol–water partition coefficient (Wildman–Crippen LogP) is 6.55. The molecular weight excluding hydrogens is 463 g/mol. The fourth-order valence-corrected chi connectivity index (χ4v) is 5.50. The SMILES string of the molecule is Cc1cccc2c1ncn2CCCCC1(C(=O)NCCC(F)(F)F)c2ccccc2-c2ccccc21. The Hall–Kier alpha value is -3.61. The predicted molar refractivity (Wildman–Crippen MR) is 135 cm³/mol. The Morgan fingerprint density at radius 2 is 1.61 bits per heavy atom. The largest absolute Gasteiger partial charge is 0.390 e. The monoisotopic (exact) mass is 491 g/mol. The zero-order valence-corrected chi connectivity index (χ0v) is 20.1. The van der Waals surface area contributed by atoms with E-state index in [-0.39, 0.29) is 5.91 Å². The first-order chi connectivity index (χ1) is 17.3. The third-order valence-electron chi connectivity index (χ3n) is 7.20. The number of unbranched alkanes of at least 4 members (excludes halogenated alkanes) is 1. The van der Waals surface area contributed by atoms with E-state index in [1.54, 1.807) is 0 Å². The van der Waals surface area contributed by atoms with Crippen LogP contribution >= 0.6 is 0 Å². The van der Waals surface area contributed by atoms with E-state index >= 15 is 0 Å². The zero-order chi connectivity index (χ0) is 25.3. The van der Waals surface area contributed by atoms with Gasteiger partial charge < -0.3 is 9.88 Å². The van der Waals surface area contributed by atoms with Crippen LogP contribution in [0.15, 0.2) is 73.1 Å². The molecule has 5 rings (SSSR count). The number of aryl methyl sites for hydroxylation is 2. The molecule has 186 valence electrons. The minimum Gasteiger partial charge on any atom is -0.355 e. The smallest absolute Gasteiger partial charge is 0.355 e. The van der Waals surface area contributed by atoms with Crippen LogP contribution in [0.1, 0.15) is 42.4 Å². The normalized spacial score (nSPS) is 14.0.